The van der Waals surface area contributed by atoms with Gasteiger partial charge in [-0.2, -0.15) is 18.3 Å². The van der Waals surface area contributed by atoms with Crippen LogP contribution in [0.5, 0.6) is 0 Å². The van der Waals surface area contributed by atoms with Crippen molar-refractivity contribution in [2.24, 2.45) is 5.92 Å². The minimum Gasteiger partial charge on any atom is -0.309 e. The fraction of sp³-hybridized carbons (Fsp3) is 0.526. The van der Waals surface area contributed by atoms with Gasteiger partial charge in [0.05, 0.1) is 11.3 Å². The molecule has 2 aromatic heterocycles. The molecule has 0 bridgehead atoms. The second kappa shape index (κ2) is 7.70. The van der Waals surface area contributed by atoms with Crippen molar-refractivity contribution in [3.05, 3.63) is 41.3 Å². The van der Waals surface area contributed by atoms with Gasteiger partial charge in [0.15, 0.2) is 0 Å². The summed E-state index contributed by atoms with van der Waals surface area (Å²) in [4.78, 5) is 17.0. The maximum atomic E-state index is 13.2. The fourth-order valence-corrected chi connectivity index (χ4v) is 3.57. The van der Waals surface area contributed by atoms with E-state index in [1.807, 2.05) is 13.0 Å². The van der Waals surface area contributed by atoms with Crippen molar-refractivity contribution in [3.63, 3.8) is 0 Å². The third-order valence-corrected chi connectivity index (χ3v) is 5.04. The fourth-order valence-electron chi connectivity index (χ4n) is 3.57. The van der Waals surface area contributed by atoms with Gasteiger partial charge in [0, 0.05) is 12.4 Å². The lowest BCUT2D eigenvalue weighted by Crippen LogP contribution is -2.28. The molecule has 27 heavy (non-hydrogen) atoms. The molecule has 3 rings (SSSR count). The number of alkyl halides is 3. The number of amides is 1. The molecule has 2 heterocycles. The third kappa shape index (κ3) is 4.67. The molecule has 1 aliphatic rings. The number of hydrogen-bond acceptors (Lipinski definition) is 3. The summed E-state index contributed by atoms with van der Waals surface area (Å²) in [6.45, 7) is 3.19. The Bertz CT molecular complexity index is 792. The van der Waals surface area contributed by atoms with Crippen molar-refractivity contribution < 1.29 is 18.0 Å². The monoisotopic (exact) mass is 380 g/mol. The van der Waals surface area contributed by atoms with Gasteiger partial charge in [-0.3, -0.25) is 9.48 Å². The lowest BCUT2D eigenvalue weighted by molar-refractivity contribution is -0.138. The number of carbonyl (C=O) groups excluding carboxylic acids is 1. The standard InChI is InChI=1S/C19H23F3N4O/c1-12-7-8-17(23-10-12)24-18(27)16(9-14-5-3-4-6-14)26-11-15(13(2)25-26)19(20,21)22/h7-8,10-11,14,16H,3-6,9H2,1-2H3,(H,23,24,27)/t16-/m0/s1. The number of nitrogens with one attached hydrogen (secondary N) is 1. The van der Waals surface area contributed by atoms with E-state index in [0.717, 1.165) is 37.4 Å². The summed E-state index contributed by atoms with van der Waals surface area (Å²) in [5, 5.41) is 6.73. The van der Waals surface area contributed by atoms with Crippen LogP contribution in [0.1, 0.15) is 55.0 Å². The van der Waals surface area contributed by atoms with E-state index in [4.69, 9.17) is 0 Å². The van der Waals surface area contributed by atoms with Crippen molar-refractivity contribution in [3.8, 4) is 0 Å². The molecule has 146 valence electrons. The van der Waals surface area contributed by atoms with Crippen LogP contribution in [0.3, 0.4) is 0 Å². The van der Waals surface area contributed by atoms with E-state index < -0.39 is 23.7 Å². The van der Waals surface area contributed by atoms with Crippen LogP contribution in [0.2, 0.25) is 0 Å². The van der Waals surface area contributed by atoms with Crippen LogP contribution in [0.4, 0.5) is 19.0 Å². The number of aryl methyl sites for hydroxylation is 2. The highest BCUT2D eigenvalue weighted by Crippen LogP contribution is 2.35. The topological polar surface area (TPSA) is 59.8 Å². The summed E-state index contributed by atoms with van der Waals surface area (Å²) in [5.74, 6) is 0.294. The number of aromatic nitrogens is 3. The molecule has 0 saturated heterocycles. The number of halogens is 3. The SMILES string of the molecule is Cc1ccc(NC(=O)[C@H](CC2CCCC2)n2cc(C(F)(F)F)c(C)n2)nc1. The normalized spacial score (nSPS) is 16.5. The number of carbonyl (C=O) groups is 1. The minimum absolute atomic E-state index is 0.125. The van der Waals surface area contributed by atoms with E-state index >= 15 is 0 Å². The zero-order valence-electron chi connectivity index (χ0n) is 15.4. The molecular weight excluding hydrogens is 357 g/mol. The number of hydrogen-bond donors (Lipinski definition) is 1. The molecule has 8 heteroatoms. The Morgan fingerprint density at radius 3 is 2.56 bits per heavy atom. The Kier molecular flexibility index (Phi) is 5.53. The molecule has 0 spiro atoms. The van der Waals surface area contributed by atoms with Crippen molar-refractivity contribution in [1.29, 1.82) is 0 Å². The number of pyridine rings is 1. The zero-order chi connectivity index (χ0) is 19.6. The summed E-state index contributed by atoms with van der Waals surface area (Å²) in [6, 6.07) is 2.69. The number of anilines is 1. The lowest BCUT2D eigenvalue weighted by atomic mass is 9.98. The van der Waals surface area contributed by atoms with E-state index in [-0.39, 0.29) is 5.69 Å². The van der Waals surface area contributed by atoms with Crippen molar-refractivity contribution in [2.75, 3.05) is 5.32 Å². The van der Waals surface area contributed by atoms with Gasteiger partial charge in [-0.25, -0.2) is 4.98 Å². The molecule has 5 nitrogen and oxygen atoms in total. The van der Waals surface area contributed by atoms with E-state index in [1.54, 1.807) is 12.3 Å². The van der Waals surface area contributed by atoms with Crippen LogP contribution in [0.15, 0.2) is 24.5 Å². The van der Waals surface area contributed by atoms with Crippen LogP contribution in [0, 0.1) is 19.8 Å². The molecule has 2 aromatic rings. The van der Waals surface area contributed by atoms with Gasteiger partial charge in [-0.15, -0.1) is 0 Å². The smallest absolute Gasteiger partial charge is 0.309 e. The van der Waals surface area contributed by atoms with Crippen molar-refractivity contribution in [2.45, 2.75) is 58.2 Å². The maximum absolute atomic E-state index is 13.2. The summed E-state index contributed by atoms with van der Waals surface area (Å²) in [5.41, 5.74) is 0.0217. The van der Waals surface area contributed by atoms with Crippen molar-refractivity contribution in [1.82, 2.24) is 14.8 Å². The lowest BCUT2D eigenvalue weighted by Gasteiger charge is -2.20. The largest absolute Gasteiger partial charge is 0.419 e. The quantitative estimate of drug-likeness (QED) is 0.820. The highest BCUT2D eigenvalue weighted by atomic mass is 19.4. The average Bonchev–Trinajstić information content (AvgIpc) is 3.23. The molecule has 1 N–H and O–H groups in total. The predicted molar refractivity (Wildman–Crippen MR) is 95.2 cm³/mol. The van der Waals surface area contributed by atoms with Gasteiger partial charge < -0.3 is 5.32 Å². The summed E-state index contributed by atoms with van der Waals surface area (Å²) in [7, 11) is 0. The molecule has 1 aliphatic carbocycles. The average molecular weight is 380 g/mol. The molecule has 1 atom stereocenters. The minimum atomic E-state index is -4.49. The Hall–Kier alpha value is -2.38. The first-order chi connectivity index (χ1) is 12.7. The van der Waals surface area contributed by atoms with E-state index in [0.29, 0.717) is 18.2 Å². The van der Waals surface area contributed by atoms with Gasteiger partial charge in [0.1, 0.15) is 11.9 Å². The molecule has 0 aliphatic heterocycles. The second-order valence-electron chi connectivity index (χ2n) is 7.22. The Balaban J connectivity index is 1.86. The Labute approximate surface area is 156 Å². The van der Waals surface area contributed by atoms with Gasteiger partial charge in [-0.1, -0.05) is 31.7 Å². The summed E-state index contributed by atoms with van der Waals surface area (Å²) >= 11 is 0. The van der Waals surface area contributed by atoms with Crippen LogP contribution in [0.25, 0.3) is 0 Å². The molecule has 1 amide bonds. The predicted octanol–water partition coefficient (Wildman–Crippen LogP) is 4.67. The maximum Gasteiger partial charge on any atom is 0.419 e. The number of rotatable bonds is 5. The number of nitrogens with zero attached hydrogens (tertiary/aromatic N) is 3. The molecular formula is C19H23F3N4O. The van der Waals surface area contributed by atoms with Crippen molar-refractivity contribution >= 4 is 11.7 Å². The Morgan fingerprint density at radius 2 is 2.00 bits per heavy atom. The summed E-state index contributed by atoms with van der Waals surface area (Å²) < 4.78 is 40.6. The molecule has 0 aromatic carbocycles. The molecule has 1 fully saturated rings. The van der Waals surface area contributed by atoms with Gasteiger partial charge in [0.25, 0.3) is 0 Å². The van der Waals surface area contributed by atoms with Gasteiger partial charge in [0.2, 0.25) is 5.91 Å². The van der Waals surface area contributed by atoms with Crippen LogP contribution in [-0.2, 0) is 11.0 Å². The van der Waals surface area contributed by atoms with Crippen LogP contribution in [-0.4, -0.2) is 20.7 Å². The Morgan fingerprint density at radius 1 is 1.30 bits per heavy atom. The first-order valence-corrected chi connectivity index (χ1v) is 9.10. The molecule has 0 unspecified atom stereocenters. The summed E-state index contributed by atoms with van der Waals surface area (Å²) in [6.07, 6.45) is 2.69. The van der Waals surface area contributed by atoms with Crippen LogP contribution < -0.4 is 5.32 Å². The van der Waals surface area contributed by atoms with Gasteiger partial charge >= 0.3 is 6.18 Å². The van der Waals surface area contributed by atoms with E-state index in [2.05, 4.69) is 15.4 Å². The first kappa shape index (κ1) is 19.4. The van der Waals surface area contributed by atoms with E-state index in [9.17, 15) is 18.0 Å². The molecule has 0 radical (unpaired) electrons. The third-order valence-electron chi connectivity index (χ3n) is 5.04. The second-order valence-corrected chi connectivity index (χ2v) is 7.22. The highest BCUT2D eigenvalue weighted by Gasteiger charge is 2.36. The first-order valence-electron chi connectivity index (χ1n) is 9.10. The van der Waals surface area contributed by atoms with Crippen LogP contribution >= 0.6 is 0 Å². The van der Waals surface area contributed by atoms with E-state index in [1.165, 1.54) is 11.6 Å². The van der Waals surface area contributed by atoms with Gasteiger partial charge in [-0.05, 0) is 37.8 Å². The molecule has 1 saturated carbocycles. The highest BCUT2D eigenvalue weighted by molar-refractivity contribution is 5.92. The zero-order valence-corrected chi connectivity index (χ0v) is 15.4.